The number of amides is 1. The van der Waals surface area contributed by atoms with Crippen molar-refractivity contribution in [1.82, 2.24) is 0 Å². The molecule has 0 fully saturated rings. The van der Waals surface area contributed by atoms with Gasteiger partial charge in [0, 0.05) is 25.4 Å². The van der Waals surface area contributed by atoms with Gasteiger partial charge in [0.15, 0.2) is 0 Å². The van der Waals surface area contributed by atoms with E-state index in [1.54, 1.807) is 25.1 Å². The standard InChI is InChI=1S/C32H32N2O3/c1-4-37-32(36)29-22-28(34(3)19-18-24-10-6-5-7-11-24)16-17-30(29)33-31(35)20-23(2)26-15-14-25-12-8-9-13-27(25)21-26/h5-17,20-22H,4,18-19H2,1-3H3,(H,33,35)/b23-20-. The Kier molecular flexibility index (Phi) is 8.37. The molecule has 37 heavy (non-hydrogen) atoms. The minimum Gasteiger partial charge on any atom is -0.462 e. The van der Waals surface area contributed by atoms with E-state index in [0.717, 1.165) is 40.6 Å². The van der Waals surface area contributed by atoms with Crippen molar-refractivity contribution in [3.8, 4) is 0 Å². The highest BCUT2D eigenvalue weighted by atomic mass is 16.5. The zero-order valence-corrected chi connectivity index (χ0v) is 21.5. The van der Waals surface area contributed by atoms with Crippen molar-refractivity contribution in [1.29, 1.82) is 0 Å². The summed E-state index contributed by atoms with van der Waals surface area (Å²) in [6.45, 7) is 4.70. The van der Waals surface area contributed by atoms with Gasteiger partial charge in [-0.15, -0.1) is 0 Å². The van der Waals surface area contributed by atoms with Crippen LogP contribution in [0.5, 0.6) is 0 Å². The summed E-state index contributed by atoms with van der Waals surface area (Å²) in [6, 6.07) is 29.9. The molecule has 5 nitrogen and oxygen atoms in total. The summed E-state index contributed by atoms with van der Waals surface area (Å²) < 4.78 is 5.28. The lowest BCUT2D eigenvalue weighted by molar-refractivity contribution is -0.111. The molecular formula is C32H32N2O3. The molecule has 0 atom stereocenters. The summed E-state index contributed by atoms with van der Waals surface area (Å²) in [7, 11) is 1.99. The Morgan fingerprint density at radius 1 is 0.892 bits per heavy atom. The Hall–Kier alpha value is -4.38. The van der Waals surface area contributed by atoms with E-state index in [1.807, 2.05) is 62.5 Å². The largest absolute Gasteiger partial charge is 0.462 e. The first-order valence-corrected chi connectivity index (χ1v) is 12.5. The molecule has 0 saturated carbocycles. The summed E-state index contributed by atoms with van der Waals surface area (Å²) in [5, 5.41) is 5.14. The zero-order valence-electron chi connectivity index (χ0n) is 21.5. The van der Waals surface area contributed by atoms with Crippen LogP contribution in [0.2, 0.25) is 0 Å². The van der Waals surface area contributed by atoms with Gasteiger partial charge < -0.3 is 15.0 Å². The fourth-order valence-corrected chi connectivity index (χ4v) is 4.21. The number of nitrogens with zero attached hydrogens (tertiary/aromatic N) is 1. The monoisotopic (exact) mass is 492 g/mol. The van der Waals surface area contributed by atoms with Gasteiger partial charge in [0.2, 0.25) is 5.91 Å². The third-order valence-corrected chi connectivity index (χ3v) is 6.33. The number of carbonyl (C=O) groups excluding carboxylic acids is 2. The zero-order chi connectivity index (χ0) is 26.2. The third kappa shape index (κ3) is 6.64. The van der Waals surface area contributed by atoms with Crippen LogP contribution in [0.1, 0.15) is 35.3 Å². The molecule has 0 saturated heterocycles. The Balaban J connectivity index is 1.52. The molecule has 0 unspecified atom stereocenters. The smallest absolute Gasteiger partial charge is 0.340 e. The van der Waals surface area contributed by atoms with Crippen LogP contribution in [-0.2, 0) is 16.0 Å². The first-order chi connectivity index (χ1) is 17.9. The van der Waals surface area contributed by atoms with Gasteiger partial charge >= 0.3 is 5.97 Å². The molecule has 0 aromatic heterocycles. The SMILES string of the molecule is CCOC(=O)c1cc(N(C)CCc2ccccc2)ccc1NC(=O)/C=C(/C)c1ccc2ccccc2c1. The molecular weight excluding hydrogens is 460 g/mol. The predicted molar refractivity (Wildman–Crippen MR) is 152 cm³/mol. The van der Waals surface area contributed by atoms with Crippen molar-refractivity contribution in [2.24, 2.45) is 0 Å². The van der Waals surface area contributed by atoms with Crippen molar-refractivity contribution in [3.63, 3.8) is 0 Å². The van der Waals surface area contributed by atoms with Crippen molar-refractivity contribution < 1.29 is 14.3 Å². The number of fused-ring (bicyclic) bond motifs is 1. The van der Waals surface area contributed by atoms with E-state index in [9.17, 15) is 9.59 Å². The summed E-state index contributed by atoms with van der Waals surface area (Å²) in [4.78, 5) is 27.8. The Morgan fingerprint density at radius 3 is 2.38 bits per heavy atom. The summed E-state index contributed by atoms with van der Waals surface area (Å²) in [6.07, 6.45) is 2.43. The molecule has 0 bridgehead atoms. The molecule has 0 radical (unpaired) electrons. The Bertz CT molecular complexity index is 1430. The number of rotatable bonds is 9. The predicted octanol–water partition coefficient (Wildman–Crippen LogP) is 6.74. The number of esters is 1. The van der Waals surface area contributed by atoms with Crippen LogP contribution in [0, 0.1) is 0 Å². The molecule has 0 aliphatic carbocycles. The van der Waals surface area contributed by atoms with Crippen LogP contribution in [0.3, 0.4) is 0 Å². The van der Waals surface area contributed by atoms with E-state index in [-0.39, 0.29) is 12.5 Å². The molecule has 1 N–H and O–H groups in total. The number of anilines is 2. The van der Waals surface area contributed by atoms with Gasteiger partial charge in [0.25, 0.3) is 0 Å². The van der Waals surface area contributed by atoms with Gasteiger partial charge in [-0.3, -0.25) is 4.79 Å². The summed E-state index contributed by atoms with van der Waals surface area (Å²) in [5.74, 6) is -0.771. The van der Waals surface area contributed by atoms with E-state index in [1.165, 1.54) is 5.56 Å². The van der Waals surface area contributed by atoms with Gasteiger partial charge in [-0.25, -0.2) is 4.79 Å². The topological polar surface area (TPSA) is 58.6 Å². The average Bonchev–Trinajstić information content (AvgIpc) is 2.92. The Morgan fingerprint density at radius 2 is 1.62 bits per heavy atom. The molecule has 5 heteroatoms. The number of ether oxygens (including phenoxy) is 1. The lowest BCUT2D eigenvalue weighted by atomic mass is 10.0. The maximum atomic E-state index is 12.9. The second-order valence-corrected chi connectivity index (χ2v) is 8.99. The van der Waals surface area contributed by atoms with Gasteiger partial charge in [-0.2, -0.15) is 0 Å². The molecule has 4 rings (SSSR count). The maximum absolute atomic E-state index is 12.9. The highest BCUT2D eigenvalue weighted by Crippen LogP contribution is 2.25. The van der Waals surface area contributed by atoms with E-state index < -0.39 is 5.97 Å². The number of nitrogens with one attached hydrogen (secondary N) is 1. The first kappa shape index (κ1) is 25.7. The summed E-state index contributed by atoms with van der Waals surface area (Å²) >= 11 is 0. The van der Waals surface area contributed by atoms with Crippen LogP contribution in [0.4, 0.5) is 11.4 Å². The Labute approximate surface area is 218 Å². The van der Waals surface area contributed by atoms with Crippen LogP contribution in [-0.4, -0.2) is 32.1 Å². The quantitative estimate of drug-likeness (QED) is 0.208. The number of hydrogen-bond donors (Lipinski definition) is 1. The molecule has 4 aromatic rings. The van der Waals surface area contributed by atoms with E-state index in [2.05, 4.69) is 40.5 Å². The van der Waals surface area contributed by atoms with Crippen molar-refractivity contribution in [2.75, 3.05) is 30.4 Å². The fourth-order valence-electron chi connectivity index (χ4n) is 4.21. The van der Waals surface area contributed by atoms with Crippen LogP contribution in [0.25, 0.3) is 16.3 Å². The highest BCUT2D eigenvalue weighted by molar-refractivity contribution is 6.08. The van der Waals surface area contributed by atoms with Crippen LogP contribution >= 0.6 is 0 Å². The first-order valence-electron chi connectivity index (χ1n) is 12.5. The molecule has 188 valence electrons. The lowest BCUT2D eigenvalue weighted by Gasteiger charge is -2.21. The van der Waals surface area contributed by atoms with Crippen molar-refractivity contribution in [3.05, 3.63) is 114 Å². The van der Waals surface area contributed by atoms with E-state index in [4.69, 9.17) is 4.74 Å². The maximum Gasteiger partial charge on any atom is 0.340 e. The number of likely N-dealkylation sites (N-methyl/N-ethyl adjacent to an activating group) is 1. The summed E-state index contributed by atoms with van der Waals surface area (Å²) in [5.41, 5.74) is 4.67. The molecule has 0 aliphatic rings. The highest BCUT2D eigenvalue weighted by Gasteiger charge is 2.17. The molecule has 0 heterocycles. The van der Waals surface area contributed by atoms with Gasteiger partial charge in [-0.1, -0.05) is 66.7 Å². The van der Waals surface area contributed by atoms with Crippen LogP contribution < -0.4 is 10.2 Å². The van der Waals surface area contributed by atoms with Gasteiger partial charge in [-0.05, 0) is 72.0 Å². The minimum atomic E-state index is -0.466. The third-order valence-electron chi connectivity index (χ3n) is 6.33. The number of benzene rings is 4. The van der Waals surface area contributed by atoms with Gasteiger partial charge in [0.05, 0.1) is 17.9 Å². The number of allylic oxidation sites excluding steroid dienone is 1. The molecule has 0 aliphatic heterocycles. The second kappa shape index (κ2) is 12.0. The molecule has 1 amide bonds. The number of carbonyl (C=O) groups is 2. The van der Waals surface area contributed by atoms with Crippen molar-refractivity contribution in [2.45, 2.75) is 20.3 Å². The van der Waals surface area contributed by atoms with E-state index in [0.29, 0.717) is 11.3 Å². The van der Waals surface area contributed by atoms with Gasteiger partial charge in [0.1, 0.15) is 0 Å². The van der Waals surface area contributed by atoms with E-state index >= 15 is 0 Å². The van der Waals surface area contributed by atoms with Crippen LogP contribution in [0.15, 0.2) is 97.1 Å². The van der Waals surface area contributed by atoms with Crippen molar-refractivity contribution >= 4 is 39.6 Å². The normalized spacial score (nSPS) is 11.3. The minimum absolute atomic E-state index is 0.251. The molecule has 4 aromatic carbocycles. The lowest BCUT2D eigenvalue weighted by Crippen LogP contribution is -2.21. The fraction of sp³-hybridized carbons (Fsp3) is 0.188. The number of hydrogen-bond acceptors (Lipinski definition) is 4. The second-order valence-electron chi connectivity index (χ2n) is 8.99. The molecule has 0 spiro atoms. The average molecular weight is 493 g/mol.